The first-order valence-corrected chi connectivity index (χ1v) is 9.09. The van der Waals surface area contributed by atoms with Crippen LogP contribution >= 0.6 is 0 Å². The molecular weight excluding hydrogens is 360 g/mol. The summed E-state index contributed by atoms with van der Waals surface area (Å²) in [6.07, 6.45) is 0. The molecule has 2 aromatic carbocycles. The van der Waals surface area contributed by atoms with Crippen LogP contribution in [0.1, 0.15) is 24.1 Å². The number of amides is 2. The average molecular weight is 380 g/mol. The number of aromatic hydroxyl groups is 1. The van der Waals surface area contributed by atoms with Gasteiger partial charge < -0.3 is 20.3 Å². The number of benzene rings is 2. The topological polar surface area (TPSA) is 114 Å². The third-order valence-electron chi connectivity index (χ3n) is 5.92. The number of carboxylic acids is 1. The van der Waals surface area contributed by atoms with Gasteiger partial charge in [-0.2, -0.15) is 0 Å². The van der Waals surface area contributed by atoms with E-state index in [0.717, 1.165) is 10.5 Å². The van der Waals surface area contributed by atoms with Crippen LogP contribution in [0.4, 0.5) is 0 Å². The minimum Gasteiger partial charge on any atom is -0.544 e. The number of nitrogens with two attached hydrogens (primary N) is 1. The van der Waals surface area contributed by atoms with Gasteiger partial charge in [0.05, 0.1) is 12.1 Å². The van der Waals surface area contributed by atoms with E-state index in [4.69, 9.17) is 0 Å². The zero-order valence-corrected chi connectivity index (χ0v) is 15.2. The lowest BCUT2D eigenvalue weighted by molar-refractivity contribution is -0.735. The van der Waals surface area contributed by atoms with Crippen LogP contribution in [-0.4, -0.2) is 33.3 Å². The number of aliphatic carboxylic acids is 1. The highest BCUT2D eigenvalue weighted by Crippen LogP contribution is 2.45. The van der Waals surface area contributed by atoms with Crippen molar-refractivity contribution in [2.45, 2.75) is 25.0 Å². The maximum Gasteiger partial charge on any atom is 0.240 e. The van der Waals surface area contributed by atoms with Crippen LogP contribution in [0.5, 0.6) is 5.75 Å². The molecule has 0 saturated carbocycles. The second-order valence-corrected chi connectivity index (χ2v) is 7.57. The summed E-state index contributed by atoms with van der Waals surface area (Å²) in [7, 11) is 0. The molecule has 2 aliphatic heterocycles. The largest absolute Gasteiger partial charge is 0.544 e. The highest BCUT2D eigenvalue weighted by atomic mass is 16.4. The second kappa shape index (κ2) is 6.45. The number of hydrogen-bond acceptors (Lipinski definition) is 5. The Morgan fingerprint density at radius 2 is 1.75 bits per heavy atom. The zero-order valence-electron chi connectivity index (χ0n) is 15.2. The maximum atomic E-state index is 13.2. The number of phenolic OH excluding ortho intramolecular Hbond substituents is 1. The van der Waals surface area contributed by atoms with Gasteiger partial charge in [-0.3, -0.25) is 14.5 Å². The number of carbonyl (C=O) groups is 3. The number of hydrogen-bond donors (Lipinski definition) is 2. The van der Waals surface area contributed by atoms with Crippen LogP contribution < -0.4 is 10.4 Å². The molecule has 144 valence electrons. The van der Waals surface area contributed by atoms with Crippen LogP contribution in [-0.2, 0) is 20.9 Å². The first-order chi connectivity index (χ1) is 13.3. The number of fused-ring (bicyclic) bond motifs is 1. The second-order valence-electron chi connectivity index (χ2n) is 7.57. The normalized spacial score (nSPS) is 29.2. The van der Waals surface area contributed by atoms with Gasteiger partial charge in [0.15, 0.2) is 0 Å². The van der Waals surface area contributed by atoms with E-state index in [1.807, 2.05) is 18.2 Å². The standard InChI is InChI=1S/C21H20N2O5/c1-21(20(27)28)16-15(17(22-21)13-9-5-6-10-14(13)24)18(25)23(19(16)26)11-12-7-3-2-4-8-12/h2-10,15-17,22,24H,11H2,1H3,(H,27,28)/t15-,16-,17-,21-/m0/s1. The molecule has 3 N–H and O–H groups in total. The fraction of sp³-hybridized carbons (Fsp3) is 0.286. The summed E-state index contributed by atoms with van der Waals surface area (Å²) in [5, 5.41) is 23.7. The van der Waals surface area contributed by atoms with Crippen molar-refractivity contribution in [2.24, 2.45) is 11.8 Å². The van der Waals surface area contributed by atoms with Crippen LogP contribution in [0.3, 0.4) is 0 Å². The number of imide groups is 1. The lowest BCUT2D eigenvalue weighted by atomic mass is 9.80. The molecule has 2 aliphatic rings. The third kappa shape index (κ3) is 2.58. The molecule has 2 heterocycles. The Labute approximate surface area is 161 Å². The Hall–Kier alpha value is -3.19. The van der Waals surface area contributed by atoms with Gasteiger partial charge in [0, 0.05) is 0 Å². The summed E-state index contributed by atoms with van der Waals surface area (Å²) in [5.74, 6) is -4.31. The molecule has 2 saturated heterocycles. The molecule has 4 atom stereocenters. The Kier molecular flexibility index (Phi) is 4.19. The highest BCUT2D eigenvalue weighted by molar-refractivity contribution is 6.08. The lowest BCUT2D eigenvalue weighted by Crippen LogP contribution is -2.98. The molecule has 0 bridgehead atoms. The smallest absolute Gasteiger partial charge is 0.240 e. The van der Waals surface area contributed by atoms with E-state index in [9.17, 15) is 24.6 Å². The Bertz CT molecular complexity index is 960. The van der Waals surface area contributed by atoms with Crippen LogP contribution in [0.2, 0.25) is 0 Å². The zero-order chi connectivity index (χ0) is 20.1. The fourth-order valence-corrected chi connectivity index (χ4v) is 4.49. The number of carboxylic acid groups (broad SMARTS) is 1. The Morgan fingerprint density at radius 1 is 1.11 bits per heavy atom. The monoisotopic (exact) mass is 380 g/mol. The van der Waals surface area contributed by atoms with E-state index in [1.54, 1.807) is 30.3 Å². The predicted octanol–water partition coefficient (Wildman–Crippen LogP) is -0.680. The predicted molar refractivity (Wildman–Crippen MR) is 95.2 cm³/mol. The number of carbonyl (C=O) groups excluding carboxylic acids is 3. The SMILES string of the molecule is C[C@]1(C(=O)[O-])[NH2+][C@@H](c2ccccc2O)[C@H]2C(=O)N(Cc3ccccc3)C(=O)[C@H]21. The van der Waals surface area contributed by atoms with Gasteiger partial charge in [0.1, 0.15) is 35.1 Å². The lowest BCUT2D eigenvalue weighted by Gasteiger charge is -2.29. The van der Waals surface area contributed by atoms with Crippen molar-refractivity contribution < 1.29 is 29.9 Å². The average Bonchev–Trinajstić information content (AvgIpc) is 3.12. The van der Waals surface area contributed by atoms with Gasteiger partial charge in [-0.1, -0.05) is 42.5 Å². The van der Waals surface area contributed by atoms with Crippen molar-refractivity contribution in [3.63, 3.8) is 0 Å². The number of likely N-dealkylation sites (tertiary alicyclic amines) is 1. The number of phenols is 1. The minimum absolute atomic E-state index is 0.0353. The number of quaternary nitrogens is 1. The van der Waals surface area contributed by atoms with Crippen molar-refractivity contribution >= 4 is 17.8 Å². The first kappa shape index (κ1) is 18.2. The summed E-state index contributed by atoms with van der Waals surface area (Å²) < 4.78 is 0. The molecular formula is C21H20N2O5. The van der Waals surface area contributed by atoms with Crippen molar-refractivity contribution in [2.75, 3.05) is 0 Å². The van der Waals surface area contributed by atoms with Crippen molar-refractivity contribution in [3.8, 4) is 5.75 Å². The number of rotatable bonds is 4. The summed E-state index contributed by atoms with van der Waals surface area (Å²) in [6.45, 7) is 1.50. The number of para-hydroxylation sites is 1. The van der Waals surface area contributed by atoms with Gasteiger partial charge in [-0.15, -0.1) is 0 Å². The molecule has 0 spiro atoms. The van der Waals surface area contributed by atoms with Crippen LogP contribution in [0.25, 0.3) is 0 Å². The fourth-order valence-electron chi connectivity index (χ4n) is 4.49. The van der Waals surface area contributed by atoms with Crippen LogP contribution in [0.15, 0.2) is 54.6 Å². The van der Waals surface area contributed by atoms with Crippen molar-refractivity contribution in [1.29, 1.82) is 0 Å². The highest BCUT2D eigenvalue weighted by Gasteiger charge is 2.68. The Balaban J connectivity index is 1.76. The molecule has 4 rings (SSSR count). The molecule has 0 aromatic heterocycles. The number of nitrogens with zero attached hydrogens (tertiary/aromatic N) is 1. The van der Waals surface area contributed by atoms with Gasteiger partial charge in [-0.25, -0.2) is 0 Å². The van der Waals surface area contributed by atoms with E-state index in [1.165, 1.54) is 18.3 Å². The van der Waals surface area contributed by atoms with Crippen LogP contribution in [0, 0.1) is 11.8 Å². The summed E-state index contributed by atoms with van der Waals surface area (Å²) in [4.78, 5) is 39.4. The minimum atomic E-state index is -1.60. The molecule has 7 heteroatoms. The molecule has 0 aliphatic carbocycles. The van der Waals surface area contributed by atoms with Crippen molar-refractivity contribution in [3.05, 3.63) is 65.7 Å². The summed E-state index contributed by atoms with van der Waals surface area (Å²) >= 11 is 0. The van der Waals surface area contributed by atoms with Crippen molar-refractivity contribution in [1.82, 2.24) is 4.90 Å². The molecule has 28 heavy (non-hydrogen) atoms. The van der Waals surface area contributed by atoms with E-state index in [2.05, 4.69) is 0 Å². The van der Waals surface area contributed by atoms with Gasteiger partial charge in [0.25, 0.3) is 0 Å². The molecule has 0 unspecified atom stereocenters. The van der Waals surface area contributed by atoms with E-state index < -0.39 is 41.2 Å². The molecule has 7 nitrogen and oxygen atoms in total. The molecule has 0 radical (unpaired) electrons. The van der Waals surface area contributed by atoms with Gasteiger partial charge in [-0.05, 0) is 24.6 Å². The maximum absolute atomic E-state index is 13.2. The van der Waals surface area contributed by atoms with Gasteiger partial charge >= 0.3 is 0 Å². The Morgan fingerprint density at radius 3 is 2.39 bits per heavy atom. The van der Waals surface area contributed by atoms with E-state index in [-0.39, 0.29) is 12.3 Å². The van der Waals surface area contributed by atoms with E-state index >= 15 is 0 Å². The third-order valence-corrected chi connectivity index (χ3v) is 5.92. The summed E-state index contributed by atoms with van der Waals surface area (Å²) in [5.41, 5.74) is -0.386. The van der Waals surface area contributed by atoms with Gasteiger partial charge in [0.2, 0.25) is 11.8 Å². The molecule has 2 fully saturated rings. The first-order valence-electron chi connectivity index (χ1n) is 9.09. The van der Waals surface area contributed by atoms with E-state index in [0.29, 0.717) is 5.56 Å². The quantitative estimate of drug-likeness (QED) is 0.682. The summed E-state index contributed by atoms with van der Waals surface area (Å²) in [6, 6.07) is 14.9. The molecule has 2 aromatic rings. The molecule has 2 amide bonds.